The van der Waals surface area contributed by atoms with Gasteiger partial charge in [-0.05, 0) is 43.9 Å². The van der Waals surface area contributed by atoms with Crippen molar-refractivity contribution in [3.63, 3.8) is 0 Å². The van der Waals surface area contributed by atoms with Gasteiger partial charge in [-0.25, -0.2) is 8.42 Å². The van der Waals surface area contributed by atoms with Gasteiger partial charge in [0.1, 0.15) is 0 Å². The molecule has 1 heterocycles. The number of hydrogen-bond donors (Lipinski definition) is 0. The van der Waals surface area contributed by atoms with E-state index in [-0.39, 0.29) is 12.0 Å². The van der Waals surface area contributed by atoms with Crippen LogP contribution >= 0.6 is 15.9 Å². The largest absolute Gasteiger partial charge is 0.353 e. The molecule has 4 nitrogen and oxygen atoms in total. The average Bonchev–Trinajstić information content (AvgIpc) is 2.45. The van der Waals surface area contributed by atoms with Crippen LogP contribution in [-0.4, -0.2) is 33.7 Å². The van der Waals surface area contributed by atoms with Gasteiger partial charge in [0.25, 0.3) is 0 Å². The number of ether oxygens (including phenoxy) is 2. The number of hydrogen-bond acceptors (Lipinski definition) is 4. The third-order valence-electron chi connectivity index (χ3n) is 3.15. The molecule has 20 heavy (non-hydrogen) atoms. The van der Waals surface area contributed by atoms with E-state index in [4.69, 9.17) is 9.47 Å². The minimum absolute atomic E-state index is 0.0934. The molecule has 1 atom stereocenters. The second-order valence-electron chi connectivity index (χ2n) is 4.80. The van der Waals surface area contributed by atoms with E-state index in [9.17, 15) is 8.42 Å². The highest BCUT2D eigenvalue weighted by atomic mass is 79.9. The van der Waals surface area contributed by atoms with Gasteiger partial charge in [-0.1, -0.05) is 22.0 Å². The maximum atomic E-state index is 12.1. The molecule has 0 bridgehead atoms. The molecule has 1 saturated heterocycles. The Hall–Kier alpha value is -0.430. The summed E-state index contributed by atoms with van der Waals surface area (Å²) in [6, 6.07) is 6.78. The van der Waals surface area contributed by atoms with Crippen molar-refractivity contribution >= 4 is 25.8 Å². The second-order valence-corrected chi connectivity index (χ2v) is 7.82. The minimum Gasteiger partial charge on any atom is -0.353 e. The summed E-state index contributed by atoms with van der Waals surface area (Å²) < 4.78 is 36.0. The van der Waals surface area contributed by atoms with Crippen LogP contribution in [0.2, 0.25) is 0 Å². The molecule has 0 aromatic heterocycles. The maximum Gasteiger partial charge on any atom is 0.178 e. The van der Waals surface area contributed by atoms with Crippen LogP contribution < -0.4 is 0 Å². The molecular formula is C14H19BrO4S. The van der Waals surface area contributed by atoms with E-state index in [0.717, 1.165) is 30.3 Å². The molecule has 1 aliphatic heterocycles. The molecule has 0 spiro atoms. The van der Waals surface area contributed by atoms with Gasteiger partial charge in [-0.3, -0.25) is 0 Å². The molecule has 1 unspecified atom stereocenters. The topological polar surface area (TPSA) is 52.6 Å². The molecule has 1 aliphatic rings. The Balaban J connectivity index is 1.78. The van der Waals surface area contributed by atoms with Crippen molar-refractivity contribution in [3.8, 4) is 0 Å². The lowest BCUT2D eigenvalue weighted by Crippen LogP contribution is -2.23. The zero-order valence-electron chi connectivity index (χ0n) is 11.3. The zero-order chi connectivity index (χ0) is 14.4. The summed E-state index contributed by atoms with van der Waals surface area (Å²) in [7, 11) is -3.24. The van der Waals surface area contributed by atoms with Gasteiger partial charge >= 0.3 is 0 Å². The smallest absolute Gasteiger partial charge is 0.178 e. The highest BCUT2D eigenvalue weighted by Gasteiger charge is 2.16. The Kier molecular flexibility index (Phi) is 6.01. The standard InChI is InChI=1S/C14H19BrO4S/c15-12-5-3-6-13(11-12)20(16,17)10-4-9-19-14-7-1-2-8-18-14/h3,5-6,11,14H,1-2,4,7-10H2. The Morgan fingerprint density at radius 1 is 1.35 bits per heavy atom. The summed E-state index contributed by atoms with van der Waals surface area (Å²) in [6.45, 7) is 1.15. The van der Waals surface area contributed by atoms with Gasteiger partial charge in [-0.2, -0.15) is 0 Å². The summed E-state index contributed by atoms with van der Waals surface area (Å²) in [4.78, 5) is 0.348. The zero-order valence-corrected chi connectivity index (χ0v) is 13.7. The first-order valence-corrected chi connectivity index (χ1v) is 9.24. The lowest BCUT2D eigenvalue weighted by atomic mass is 10.2. The summed E-state index contributed by atoms with van der Waals surface area (Å²) in [5.41, 5.74) is 0. The van der Waals surface area contributed by atoms with E-state index in [2.05, 4.69) is 15.9 Å². The van der Waals surface area contributed by atoms with E-state index < -0.39 is 9.84 Å². The number of rotatable bonds is 6. The van der Waals surface area contributed by atoms with E-state index in [1.165, 1.54) is 0 Å². The van der Waals surface area contributed by atoms with E-state index in [1.54, 1.807) is 18.2 Å². The Labute approximate surface area is 128 Å². The Morgan fingerprint density at radius 2 is 2.20 bits per heavy atom. The highest BCUT2D eigenvalue weighted by molar-refractivity contribution is 9.10. The minimum atomic E-state index is -3.24. The summed E-state index contributed by atoms with van der Waals surface area (Å²) in [5.74, 6) is 0.0934. The quantitative estimate of drug-likeness (QED) is 0.729. The Morgan fingerprint density at radius 3 is 2.90 bits per heavy atom. The predicted octanol–water partition coefficient (Wildman–Crippen LogP) is 3.16. The third-order valence-corrected chi connectivity index (χ3v) is 5.45. The van der Waals surface area contributed by atoms with Crippen molar-refractivity contribution in [3.05, 3.63) is 28.7 Å². The van der Waals surface area contributed by atoms with Crippen LogP contribution in [0, 0.1) is 0 Å². The number of sulfone groups is 1. The van der Waals surface area contributed by atoms with Crippen molar-refractivity contribution in [2.75, 3.05) is 19.0 Å². The number of halogens is 1. The lowest BCUT2D eigenvalue weighted by Gasteiger charge is -2.22. The van der Waals surface area contributed by atoms with Crippen LogP contribution in [0.15, 0.2) is 33.6 Å². The third kappa shape index (κ3) is 4.84. The summed E-state index contributed by atoms with van der Waals surface area (Å²) in [5, 5.41) is 0. The molecule has 2 rings (SSSR count). The summed E-state index contributed by atoms with van der Waals surface area (Å²) >= 11 is 3.28. The molecule has 0 saturated carbocycles. The molecule has 1 aromatic carbocycles. The SMILES string of the molecule is O=S(=O)(CCCOC1CCCCO1)c1cccc(Br)c1. The van der Waals surface area contributed by atoms with Crippen LogP contribution in [-0.2, 0) is 19.3 Å². The van der Waals surface area contributed by atoms with Gasteiger partial charge in [0.2, 0.25) is 0 Å². The molecule has 0 N–H and O–H groups in total. The van der Waals surface area contributed by atoms with Crippen LogP contribution in [0.3, 0.4) is 0 Å². The van der Waals surface area contributed by atoms with Gasteiger partial charge in [0, 0.05) is 11.1 Å². The monoisotopic (exact) mass is 362 g/mol. The van der Waals surface area contributed by atoms with Gasteiger partial charge in [0.05, 0.1) is 17.3 Å². The fourth-order valence-electron chi connectivity index (χ4n) is 2.08. The predicted molar refractivity (Wildman–Crippen MR) is 80.4 cm³/mol. The maximum absolute atomic E-state index is 12.1. The van der Waals surface area contributed by atoms with Crippen molar-refractivity contribution < 1.29 is 17.9 Å². The molecule has 1 aromatic rings. The molecule has 6 heteroatoms. The fourth-order valence-corrected chi connectivity index (χ4v) is 3.96. The lowest BCUT2D eigenvalue weighted by molar-refractivity contribution is -0.162. The van der Waals surface area contributed by atoms with Crippen molar-refractivity contribution in [1.82, 2.24) is 0 Å². The first-order chi connectivity index (χ1) is 9.58. The number of benzene rings is 1. The molecule has 1 fully saturated rings. The van der Waals surface area contributed by atoms with Crippen LogP contribution in [0.1, 0.15) is 25.7 Å². The first-order valence-electron chi connectivity index (χ1n) is 6.79. The molecule has 0 radical (unpaired) electrons. The van der Waals surface area contributed by atoms with Crippen LogP contribution in [0.5, 0.6) is 0 Å². The summed E-state index contributed by atoms with van der Waals surface area (Å²) in [6.07, 6.45) is 3.42. The van der Waals surface area contributed by atoms with Crippen molar-refractivity contribution in [1.29, 1.82) is 0 Å². The van der Waals surface area contributed by atoms with Gasteiger partial charge in [-0.15, -0.1) is 0 Å². The second kappa shape index (κ2) is 7.54. The average molecular weight is 363 g/mol. The van der Waals surface area contributed by atoms with E-state index in [0.29, 0.717) is 17.9 Å². The van der Waals surface area contributed by atoms with Gasteiger partial charge in [0.15, 0.2) is 16.1 Å². The molecular weight excluding hydrogens is 344 g/mol. The van der Waals surface area contributed by atoms with Crippen LogP contribution in [0.4, 0.5) is 0 Å². The van der Waals surface area contributed by atoms with Gasteiger partial charge < -0.3 is 9.47 Å². The van der Waals surface area contributed by atoms with Crippen molar-refractivity contribution in [2.45, 2.75) is 36.9 Å². The van der Waals surface area contributed by atoms with Crippen molar-refractivity contribution in [2.24, 2.45) is 0 Å². The first kappa shape index (κ1) is 15.9. The van der Waals surface area contributed by atoms with Crippen LogP contribution in [0.25, 0.3) is 0 Å². The van der Waals surface area contributed by atoms with E-state index in [1.807, 2.05) is 6.07 Å². The van der Waals surface area contributed by atoms with E-state index >= 15 is 0 Å². The fraction of sp³-hybridized carbons (Fsp3) is 0.571. The molecule has 0 amide bonds. The molecule has 112 valence electrons. The molecule has 0 aliphatic carbocycles. The Bertz CT molecular complexity index is 524. The normalized spacial score (nSPS) is 19.9. The highest BCUT2D eigenvalue weighted by Crippen LogP contribution is 2.18.